The average Bonchev–Trinajstić information content (AvgIpc) is 2.69. The fourth-order valence-corrected chi connectivity index (χ4v) is 2.52. The van der Waals surface area contributed by atoms with Gasteiger partial charge in [0.05, 0.1) is 6.04 Å². The minimum atomic E-state index is -0.959. The number of nitrogens with two attached hydrogens (primary N) is 1. The Balaban J connectivity index is 2.51. The number of nitrogens with one attached hydrogen (secondary N) is 1. The third-order valence-corrected chi connectivity index (χ3v) is 3.46. The van der Waals surface area contributed by atoms with Gasteiger partial charge in [-0.25, -0.2) is 18.6 Å². The highest BCUT2D eigenvalue weighted by Gasteiger charge is 2.22. The topological polar surface area (TPSA) is 38.0 Å². The summed E-state index contributed by atoms with van der Waals surface area (Å²) < 4.78 is 40.2. The van der Waals surface area contributed by atoms with E-state index in [4.69, 9.17) is 5.84 Å². The zero-order valence-electron chi connectivity index (χ0n) is 9.51. The first kappa shape index (κ1) is 13.1. The second-order valence-electron chi connectivity index (χ2n) is 3.87. The standard InChI is InChI=1S/C12H11F3N2S/c1-6-2-7(5-18-6)12(17-16)11-9(14)3-8(13)4-10(11)15/h2-5,12,17H,16H2,1H3. The van der Waals surface area contributed by atoms with Crippen LogP contribution in [0.4, 0.5) is 13.2 Å². The monoisotopic (exact) mass is 272 g/mol. The van der Waals surface area contributed by atoms with Crippen LogP contribution in [-0.4, -0.2) is 0 Å². The largest absolute Gasteiger partial charge is 0.271 e. The SMILES string of the molecule is Cc1cc(C(NN)c2c(F)cc(F)cc2F)cs1. The van der Waals surface area contributed by atoms with Crippen LogP contribution in [0.2, 0.25) is 0 Å². The molecule has 96 valence electrons. The van der Waals surface area contributed by atoms with Crippen molar-refractivity contribution in [3.63, 3.8) is 0 Å². The minimum absolute atomic E-state index is 0.281. The van der Waals surface area contributed by atoms with Crippen LogP contribution in [0, 0.1) is 24.4 Å². The summed E-state index contributed by atoms with van der Waals surface area (Å²) >= 11 is 1.44. The number of thiophene rings is 1. The van der Waals surface area contributed by atoms with Crippen molar-refractivity contribution >= 4 is 11.3 Å². The van der Waals surface area contributed by atoms with Crippen LogP contribution in [0.25, 0.3) is 0 Å². The van der Waals surface area contributed by atoms with Crippen LogP contribution in [-0.2, 0) is 0 Å². The van der Waals surface area contributed by atoms with Gasteiger partial charge in [0.2, 0.25) is 0 Å². The van der Waals surface area contributed by atoms with Gasteiger partial charge in [-0.15, -0.1) is 11.3 Å². The van der Waals surface area contributed by atoms with Crippen LogP contribution in [0.1, 0.15) is 22.0 Å². The number of benzene rings is 1. The number of aryl methyl sites for hydroxylation is 1. The van der Waals surface area contributed by atoms with Crippen LogP contribution in [0.3, 0.4) is 0 Å². The molecule has 18 heavy (non-hydrogen) atoms. The third kappa shape index (κ3) is 2.40. The molecule has 0 radical (unpaired) electrons. The van der Waals surface area contributed by atoms with Gasteiger partial charge in [0.15, 0.2) is 0 Å². The Morgan fingerprint density at radius 1 is 1.17 bits per heavy atom. The molecule has 0 aliphatic rings. The Hall–Kier alpha value is -1.37. The maximum Gasteiger partial charge on any atom is 0.134 e. The third-order valence-electron chi connectivity index (χ3n) is 2.58. The predicted molar refractivity (Wildman–Crippen MR) is 64.5 cm³/mol. The van der Waals surface area contributed by atoms with Crippen LogP contribution in [0.5, 0.6) is 0 Å². The molecule has 1 aromatic carbocycles. The Labute approximate surface area is 106 Å². The van der Waals surface area contributed by atoms with Crippen molar-refractivity contribution < 1.29 is 13.2 Å². The van der Waals surface area contributed by atoms with Gasteiger partial charge < -0.3 is 0 Å². The Kier molecular flexibility index (Phi) is 3.70. The van der Waals surface area contributed by atoms with E-state index in [9.17, 15) is 13.2 Å². The summed E-state index contributed by atoms with van der Waals surface area (Å²) in [6, 6.07) is 2.22. The van der Waals surface area contributed by atoms with E-state index in [1.807, 2.05) is 6.92 Å². The van der Waals surface area contributed by atoms with Crippen molar-refractivity contribution in [3.8, 4) is 0 Å². The first-order valence-electron chi connectivity index (χ1n) is 5.18. The fourth-order valence-electron chi connectivity index (χ4n) is 1.79. The first-order valence-corrected chi connectivity index (χ1v) is 6.06. The van der Waals surface area contributed by atoms with Crippen LogP contribution >= 0.6 is 11.3 Å². The highest BCUT2D eigenvalue weighted by molar-refractivity contribution is 7.10. The van der Waals surface area contributed by atoms with Gasteiger partial charge in [-0.3, -0.25) is 5.84 Å². The van der Waals surface area contributed by atoms with Crippen molar-refractivity contribution in [2.75, 3.05) is 0 Å². The Morgan fingerprint density at radius 2 is 1.78 bits per heavy atom. The van der Waals surface area contributed by atoms with Gasteiger partial charge in [0.25, 0.3) is 0 Å². The molecule has 0 saturated carbocycles. The molecular formula is C12H11F3N2S. The average molecular weight is 272 g/mol. The zero-order valence-corrected chi connectivity index (χ0v) is 10.3. The van der Waals surface area contributed by atoms with Crippen LogP contribution < -0.4 is 11.3 Å². The molecule has 0 saturated heterocycles. The summed E-state index contributed by atoms with van der Waals surface area (Å²) in [6.45, 7) is 1.87. The van der Waals surface area contributed by atoms with Gasteiger partial charge >= 0.3 is 0 Å². The van der Waals surface area contributed by atoms with Crippen molar-refractivity contribution in [3.05, 3.63) is 57.0 Å². The Bertz CT molecular complexity index is 545. The van der Waals surface area contributed by atoms with E-state index >= 15 is 0 Å². The lowest BCUT2D eigenvalue weighted by molar-refractivity contribution is 0.492. The van der Waals surface area contributed by atoms with Crippen molar-refractivity contribution in [1.29, 1.82) is 0 Å². The highest BCUT2D eigenvalue weighted by atomic mass is 32.1. The summed E-state index contributed by atoms with van der Waals surface area (Å²) in [5.74, 6) is 2.48. The smallest absolute Gasteiger partial charge is 0.134 e. The molecule has 1 atom stereocenters. The maximum absolute atomic E-state index is 13.7. The lowest BCUT2D eigenvalue weighted by atomic mass is 10.0. The molecule has 3 N–H and O–H groups in total. The summed E-state index contributed by atoms with van der Waals surface area (Å²) in [7, 11) is 0. The number of hydrazine groups is 1. The zero-order chi connectivity index (χ0) is 13.3. The molecule has 1 heterocycles. The molecule has 1 aromatic heterocycles. The summed E-state index contributed by atoms with van der Waals surface area (Å²) in [4.78, 5) is 0.994. The van der Waals surface area contributed by atoms with Gasteiger partial charge in [0, 0.05) is 22.6 Å². The first-order chi connectivity index (χ1) is 8.52. The number of hydrogen-bond acceptors (Lipinski definition) is 3. The lowest BCUT2D eigenvalue weighted by Gasteiger charge is -2.16. The van der Waals surface area contributed by atoms with Gasteiger partial charge in [-0.2, -0.15) is 0 Å². The second-order valence-corrected chi connectivity index (χ2v) is 4.99. The van der Waals surface area contributed by atoms with Crippen molar-refractivity contribution in [2.24, 2.45) is 5.84 Å². The fraction of sp³-hybridized carbons (Fsp3) is 0.167. The molecule has 0 amide bonds. The minimum Gasteiger partial charge on any atom is -0.271 e. The summed E-state index contributed by atoms with van der Waals surface area (Å²) in [5.41, 5.74) is 2.72. The molecule has 0 spiro atoms. The van der Waals surface area contributed by atoms with Gasteiger partial charge in [-0.05, 0) is 23.9 Å². The Morgan fingerprint density at radius 3 is 2.22 bits per heavy atom. The number of halogens is 3. The summed E-state index contributed by atoms with van der Waals surface area (Å²) in [6.07, 6.45) is 0. The molecule has 0 aliphatic heterocycles. The van der Waals surface area contributed by atoms with E-state index < -0.39 is 23.5 Å². The maximum atomic E-state index is 13.7. The molecular weight excluding hydrogens is 261 g/mol. The quantitative estimate of drug-likeness (QED) is 0.666. The molecule has 6 heteroatoms. The van der Waals surface area contributed by atoms with Crippen molar-refractivity contribution in [1.82, 2.24) is 5.43 Å². The lowest BCUT2D eigenvalue weighted by Crippen LogP contribution is -2.30. The normalized spacial score (nSPS) is 12.7. The second kappa shape index (κ2) is 5.09. The molecule has 0 fully saturated rings. The molecule has 0 aliphatic carbocycles. The number of hydrogen-bond donors (Lipinski definition) is 2. The van der Waals surface area contributed by atoms with E-state index in [1.54, 1.807) is 11.4 Å². The molecule has 1 unspecified atom stereocenters. The summed E-state index contributed by atoms with van der Waals surface area (Å²) in [5, 5.41) is 1.75. The van der Waals surface area contributed by atoms with E-state index in [0.29, 0.717) is 17.7 Å². The molecule has 2 rings (SSSR count). The highest BCUT2D eigenvalue weighted by Crippen LogP contribution is 2.29. The molecule has 2 nitrogen and oxygen atoms in total. The predicted octanol–water partition coefficient (Wildman–Crippen LogP) is 3.03. The van der Waals surface area contributed by atoms with Gasteiger partial charge in [-0.1, -0.05) is 0 Å². The number of rotatable bonds is 3. The van der Waals surface area contributed by atoms with Gasteiger partial charge in [0.1, 0.15) is 17.5 Å². The van der Waals surface area contributed by atoms with E-state index in [2.05, 4.69) is 5.43 Å². The molecule has 0 bridgehead atoms. The van der Waals surface area contributed by atoms with E-state index in [-0.39, 0.29) is 5.56 Å². The van der Waals surface area contributed by atoms with Crippen LogP contribution in [0.15, 0.2) is 23.6 Å². The molecule has 2 aromatic rings. The van der Waals surface area contributed by atoms with Crippen molar-refractivity contribution in [2.45, 2.75) is 13.0 Å². The van der Waals surface area contributed by atoms with E-state index in [0.717, 1.165) is 4.88 Å². The van der Waals surface area contributed by atoms with E-state index in [1.165, 1.54) is 11.3 Å².